The lowest BCUT2D eigenvalue weighted by Gasteiger charge is -2.23. The van der Waals surface area contributed by atoms with Crippen molar-refractivity contribution in [3.63, 3.8) is 0 Å². The third kappa shape index (κ3) is 4.24. The molecule has 1 aliphatic heterocycles. The van der Waals surface area contributed by atoms with Crippen molar-refractivity contribution in [2.75, 3.05) is 25.6 Å². The Morgan fingerprint density at radius 1 is 1.16 bits per heavy atom. The Labute approximate surface area is 184 Å². The maximum Gasteiger partial charge on any atom is 0.223 e. The maximum absolute atomic E-state index is 14.0. The van der Waals surface area contributed by atoms with Gasteiger partial charge < -0.3 is 14.8 Å². The van der Waals surface area contributed by atoms with E-state index in [-0.39, 0.29) is 5.75 Å². The number of aromatic nitrogens is 5. The summed E-state index contributed by atoms with van der Waals surface area (Å²) in [4.78, 5) is 9.03. The molecular weight excluding hydrogens is 411 g/mol. The van der Waals surface area contributed by atoms with Gasteiger partial charge in [0, 0.05) is 31.0 Å². The molecule has 1 fully saturated rings. The molecule has 8 nitrogen and oxygen atoms in total. The van der Waals surface area contributed by atoms with Crippen LogP contribution in [0.1, 0.15) is 18.4 Å². The standard InChI is InChI=1S/C23H23FN6O2/c1-31-22-5-2-15(12-18(22)24)14-30-21-4-3-16(13-20(21)28-29-30)19-6-9-25-23(27-19)26-17-7-10-32-11-8-17/h2-6,9,12-13,17H,7-8,10-11,14H2,1H3,(H,25,26,27). The predicted octanol–water partition coefficient (Wildman–Crippen LogP) is 3.68. The molecule has 3 heterocycles. The van der Waals surface area contributed by atoms with E-state index in [0.29, 0.717) is 18.5 Å². The maximum atomic E-state index is 14.0. The first-order chi connectivity index (χ1) is 15.7. The number of methoxy groups -OCH3 is 1. The normalized spacial score (nSPS) is 14.6. The monoisotopic (exact) mass is 434 g/mol. The van der Waals surface area contributed by atoms with Gasteiger partial charge in [0.05, 0.1) is 24.9 Å². The predicted molar refractivity (Wildman–Crippen MR) is 118 cm³/mol. The van der Waals surface area contributed by atoms with Crippen molar-refractivity contribution < 1.29 is 13.9 Å². The van der Waals surface area contributed by atoms with Crippen LogP contribution in [-0.4, -0.2) is 51.3 Å². The van der Waals surface area contributed by atoms with Gasteiger partial charge in [-0.2, -0.15) is 0 Å². The Balaban J connectivity index is 1.37. The summed E-state index contributed by atoms with van der Waals surface area (Å²) < 4.78 is 26.2. The molecule has 9 heteroatoms. The smallest absolute Gasteiger partial charge is 0.223 e. The average Bonchev–Trinajstić information content (AvgIpc) is 3.22. The van der Waals surface area contributed by atoms with Crippen LogP contribution in [0.5, 0.6) is 5.75 Å². The van der Waals surface area contributed by atoms with Gasteiger partial charge in [0.2, 0.25) is 5.95 Å². The van der Waals surface area contributed by atoms with Crippen molar-refractivity contribution in [2.45, 2.75) is 25.4 Å². The molecule has 4 aromatic rings. The lowest BCUT2D eigenvalue weighted by molar-refractivity contribution is 0.0903. The van der Waals surface area contributed by atoms with Gasteiger partial charge in [-0.3, -0.25) is 0 Å². The van der Waals surface area contributed by atoms with Gasteiger partial charge in [0.25, 0.3) is 0 Å². The van der Waals surface area contributed by atoms with Crippen molar-refractivity contribution in [3.05, 3.63) is 60.0 Å². The highest BCUT2D eigenvalue weighted by Crippen LogP contribution is 2.24. The first kappa shape index (κ1) is 20.3. The summed E-state index contributed by atoms with van der Waals surface area (Å²) in [5.41, 5.74) is 4.12. The van der Waals surface area contributed by atoms with Crippen molar-refractivity contribution in [2.24, 2.45) is 0 Å². The van der Waals surface area contributed by atoms with Gasteiger partial charge in [-0.25, -0.2) is 19.0 Å². The Morgan fingerprint density at radius 3 is 2.84 bits per heavy atom. The molecule has 0 aliphatic carbocycles. The molecule has 2 aromatic carbocycles. The number of rotatable bonds is 6. The number of benzene rings is 2. The molecule has 5 rings (SSSR count). The number of fused-ring (bicyclic) bond motifs is 1. The van der Waals surface area contributed by atoms with Crippen molar-refractivity contribution in [1.29, 1.82) is 0 Å². The van der Waals surface area contributed by atoms with Gasteiger partial charge in [-0.05, 0) is 48.7 Å². The first-order valence-corrected chi connectivity index (χ1v) is 10.5. The lowest BCUT2D eigenvalue weighted by atomic mass is 10.1. The number of hydrogen-bond acceptors (Lipinski definition) is 7. The molecule has 1 saturated heterocycles. The minimum atomic E-state index is -0.398. The van der Waals surface area contributed by atoms with E-state index in [9.17, 15) is 4.39 Å². The Kier molecular flexibility index (Phi) is 5.64. The second-order valence-corrected chi connectivity index (χ2v) is 7.72. The Hall–Kier alpha value is -3.59. The second-order valence-electron chi connectivity index (χ2n) is 7.72. The second kappa shape index (κ2) is 8.88. The minimum Gasteiger partial charge on any atom is -0.494 e. The zero-order chi connectivity index (χ0) is 21.9. The summed E-state index contributed by atoms with van der Waals surface area (Å²) in [6.45, 7) is 1.92. The van der Waals surface area contributed by atoms with E-state index in [1.807, 2.05) is 30.3 Å². The summed E-state index contributed by atoms with van der Waals surface area (Å²) in [7, 11) is 1.45. The summed E-state index contributed by atoms with van der Waals surface area (Å²) in [5.74, 6) is 0.433. The number of halogens is 1. The molecule has 2 aromatic heterocycles. The summed E-state index contributed by atoms with van der Waals surface area (Å²) >= 11 is 0. The van der Waals surface area contributed by atoms with Gasteiger partial charge in [-0.1, -0.05) is 17.3 Å². The van der Waals surface area contributed by atoms with Crippen LogP contribution in [0, 0.1) is 5.82 Å². The van der Waals surface area contributed by atoms with Crippen LogP contribution >= 0.6 is 0 Å². The topological polar surface area (TPSA) is 87.0 Å². The molecular formula is C23H23FN6O2. The van der Waals surface area contributed by atoms with Crippen molar-refractivity contribution in [3.8, 4) is 17.0 Å². The third-order valence-corrected chi connectivity index (χ3v) is 5.57. The zero-order valence-electron chi connectivity index (χ0n) is 17.7. The number of nitrogens with zero attached hydrogens (tertiary/aromatic N) is 5. The molecule has 0 spiro atoms. The molecule has 0 bridgehead atoms. The number of hydrogen-bond donors (Lipinski definition) is 1. The van der Waals surface area contributed by atoms with Crippen molar-refractivity contribution >= 4 is 17.0 Å². The van der Waals surface area contributed by atoms with Crippen LogP contribution in [-0.2, 0) is 11.3 Å². The average molecular weight is 434 g/mol. The minimum absolute atomic E-state index is 0.220. The highest BCUT2D eigenvalue weighted by atomic mass is 19.1. The largest absolute Gasteiger partial charge is 0.494 e. The van der Waals surface area contributed by atoms with Gasteiger partial charge in [0.15, 0.2) is 11.6 Å². The Bertz CT molecular complexity index is 1240. The van der Waals surface area contributed by atoms with Crippen LogP contribution in [0.15, 0.2) is 48.7 Å². The van der Waals surface area contributed by atoms with Crippen LogP contribution in [0.2, 0.25) is 0 Å². The van der Waals surface area contributed by atoms with E-state index in [0.717, 1.165) is 53.9 Å². The van der Waals surface area contributed by atoms with Crippen LogP contribution in [0.4, 0.5) is 10.3 Å². The fourth-order valence-electron chi connectivity index (χ4n) is 3.84. The van der Waals surface area contributed by atoms with Gasteiger partial charge in [-0.15, -0.1) is 5.10 Å². The lowest BCUT2D eigenvalue weighted by Crippen LogP contribution is -2.28. The number of ether oxygens (including phenoxy) is 2. The highest BCUT2D eigenvalue weighted by Gasteiger charge is 2.15. The van der Waals surface area contributed by atoms with E-state index in [1.54, 1.807) is 16.9 Å². The van der Waals surface area contributed by atoms with Crippen LogP contribution in [0.3, 0.4) is 0 Å². The van der Waals surface area contributed by atoms with E-state index in [1.165, 1.54) is 13.2 Å². The molecule has 0 amide bonds. The van der Waals surface area contributed by atoms with E-state index >= 15 is 0 Å². The molecule has 1 N–H and O–H groups in total. The molecule has 0 saturated carbocycles. The molecule has 164 valence electrons. The van der Waals surface area contributed by atoms with Crippen LogP contribution in [0.25, 0.3) is 22.3 Å². The fraction of sp³-hybridized carbons (Fsp3) is 0.304. The Morgan fingerprint density at radius 2 is 2.03 bits per heavy atom. The first-order valence-electron chi connectivity index (χ1n) is 10.5. The quantitative estimate of drug-likeness (QED) is 0.495. The number of anilines is 1. The van der Waals surface area contributed by atoms with E-state index in [4.69, 9.17) is 9.47 Å². The summed E-state index contributed by atoms with van der Waals surface area (Å²) in [6, 6.07) is 13.0. The van der Waals surface area contributed by atoms with Gasteiger partial charge >= 0.3 is 0 Å². The third-order valence-electron chi connectivity index (χ3n) is 5.57. The van der Waals surface area contributed by atoms with Gasteiger partial charge in [0.1, 0.15) is 5.52 Å². The molecule has 32 heavy (non-hydrogen) atoms. The van der Waals surface area contributed by atoms with Crippen LogP contribution < -0.4 is 10.1 Å². The zero-order valence-corrected chi connectivity index (χ0v) is 17.7. The summed E-state index contributed by atoms with van der Waals surface area (Å²) in [6.07, 6.45) is 3.64. The highest BCUT2D eigenvalue weighted by molar-refractivity contribution is 5.80. The van der Waals surface area contributed by atoms with E-state index < -0.39 is 5.82 Å². The van der Waals surface area contributed by atoms with E-state index in [2.05, 4.69) is 25.6 Å². The number of nitrogens with one attached hydrogen (secondary N) is 1. The SMILES string of the molecule is COc1ccc(Cn2nnc3cc(-c4ccnc(NC5CCOCC5)n4)ccc32)cc1F. The molecule has 1 aliphatic rings. The molecule has 0 unspecified atom stereocenters. The molecule has 0 atom stereocenters. The van der Waals surface area contributed by atoms with Crippen molar-refractivity contribution in [1.82, 2.24) is 25.0 Å². The molecule has 0 radical (unpaired) electrons. The summed E-state index contributed by atoms with van der Waals surface area (Å²) in [5, 5.41) is 11.9. The fourth-order valence-corrected chi connectivity index (χ4v) is 3.84.